The lowest BCUT2D eigenvalue weighted by molar-refractivity contribution is -0.141. The quantitative estimate of drug-likeness (QED) is 0.527. The molecule has 4 rings (SSSR count). The van der Waals surface area contributed by atoms with Crippen LogP contribution in [-0.4, -0.2) is 49.0 Å². The number of hydrogen-bond acceptors (Lipinski definition) is 5. The summed E-state index contributed by atoms with van der Waals surface area (Å²) in [6.07, 6.45) is 4.00. The van der Waals surface area contributed by atoms with Crippen molar-refractivity contribution in [3.05, 3.63) is 64.9 Å². The molecule has 10 heteroatoms. The highest BCUT2D eigenvalue weighted by atomic mass is 35.5. The summed E-state index contributed by atoms with van der Waals surface area (Å²) in [5, 5.41) is 15.9. The molecule has 0 bridgehead atoms. The van der Waals surface area contributed by atoms with Gasteiger partial charge in [-0.1, -0.05) is 42.6 Å². The molecule has 2 amide bonds. The summed E-state index contributed by atoms with van der Waals surface area (Å²) >= 11 is 5.92. The Hall–Kier alpha value is -3.33. The van der Waals surface area contributed by atoms with Crippen LogP contribution in [0.3, 0.4) is 0 Å². The first-order chi connectivity index (χ1) is 16.4. The van der Waals surface area contributed by atoms with Crippen molar-refractivity contribution in [2.45, 2.75) is 57.8 Å². The Kier molecular flexibility index (Phi) is 7.52. The van der Waals surface area contributed by atoms with E-state index >= 15 is 0 Å². The zero-order chi connectivity index (χ0) is 24.1. The van der Waals surface area contributed by atoms with E-state index in [0.29, 0.717) is 22.0 Å². The normalized spacial score (nSPS) is 14.7. The molecule has 1 heterocycles. The molecule has 8 nitrogen and oxygen atoms in total. The minimum Gasteiger partial charge on any atom is -0.352 e. The number of halogens is 2. The maximum absolute atomic E-state index is 14.4. The molecular formula is C24H26ClFN6O2. The Morgan fingerprint density at radius 3 is 2.59 bits per heavy atom. The van der Waals surface area contributed by atoms with Crippen LogP contribution in [0, 0.1) is 5.82 Å². The molecule has 0 saturated heterocycles. The Morgan fingerprint density at radius 2 is 1.88 bits per heavy atom. The van der Waals surface area contributed by atoms with E-state index in [4.69, 9.17) is 11.6 Å². The van der Waals surface area contributed by atoms with Crippen LogP contribution in [0.4, 0.5) is 4.39 Å². The molecule has 0 aliphatic heterocycles. The van der Waals surface area contributed by atoms with Crippen molar-refractivity contribution in [3.63, 3.8) is 0 Å². The van der Waals surface area contributed by atoms with E-state index in [2.05, 4.69) is 20.7 Å². The van der Waals surface area contributed by atoms with Crippen LogP contribution in [0.5, 0.6) is 0 Å². The Morgan fingerprint density at radius 1 is 1.18 bits per heavy atom. The summed E-state index contributed by atoms with van der Waals surface area (Å²) in [4.78, 5) is 28.7. The fourth-order valence-electron chi connectivity index (χ4n) is 4.02. The van der Waals surface area contributed by atoms with E-state index in [1.54, 1.807) is 49.4 Å². The molecule has 0 spiro atoms. The number of benzene rings is 2. The molecule has 1 N–H and O–H groups in total. The highest BCUT2D eigenvalue weighted by molar-refractivity contribution is 6.30. The third-order valence-corrected chi connectivity index (χ3v) is 6.25. The molecule has 2 aromatic carbocycles. The van der Waals surface area contributed by atoms with Gasteiger partial charge >= 0.3 is 0 Å². The number of tetrazole rings is 1. The average molecular weight is 485 g/mol. The number of carbonyl (C=O) groups is 2. The summed E-state index contributed by atoms with van der Waals surface area (Å²) in [6, 6.07) is 12.5. The van der Waals surface area contributed by atoms with Gasteiger partial charge < -0.3 is 10.2 Å². The predicted octanol–water partition coefficient (Wildman–Crippen LogP) is 3.61. The van der Waals surface area contributed by atoms with Crippen molar-refractivity contribution in [2.24, 2.45) is 0 Å². The van der Waals surface area contributed by atoms with Crippen molar-refractivity contribution in [3.8, 4) is 11.4 Å². The molecule has 178 valence electrons. The van der Waals surface area contributed by atoms with Gasteiger partial charge in [-0.15, -0.1) is 10.2 Å². The van der Waals surface area contributed by atoms with E-state index < -0.39 is 17.8 Å². The molecule has 1 atom stereocenters. The number of hydrogen-bond donors (Lipinski definition) is 1. The highest BCUT2D eigenvalue weighted by Gasteiger charge is 2.29. The summed E-state index contributed by atoms with van der Waals surface area (Å²) < 4.78 is 14.4. The monoisotopic (exact) mass is 484 g/mol. The van der Waals surface area contributed by atoms with Gasteiger partial charge in [-0.05, 0) is 55.3 Å². The van der Waals surface area contributed by atoms with E-state index in [9.17, 15) is 14.0 Å². The maximum Gasteiger partial charge on any atom is 0.247 e. The van der Waals surface area contributed by atoms with E-state index in [1.807, 2.05) is 0 Å². The summed E-state index contributed by atoms with van der Waals surface area (Å²) in [5.41, 5.74) is 1.03. The zero-order valence-corrected chi connectivity index (χ0v) is 19.6. The molecule has 1 saturated carbocycles. The SMILES string of the molecule is CC(C(=O)NC1CCCC1)N(Cc1ccccc1F)C(=O)Cn1nnc(-c2ccc(Cl)cc2)n1. The Labute approximate surface area is 202 Å². The van der Waals surface area contributed by atoms with Crippen LogP contribution in [0.25, 0.3) is 11.4 Å². The maximum atomic E-state index is 14.4. The Bertz CT molecular complexity index is 1150. The molecular weight excluding hydrogens is 459 g/mol. The molecule has 34 heavy (non-hydrogen) atoms. The standard InChI is InChI=1S/C24H26ClFN6O2/c1-16(24(34)27-20-7-3-4-8-20)31(14-18-6-2-5-9-21(18)26)22(33)15-32-29-23(28-30-32)17-10-12-19(25)13-11-17/h2,5-6,9-13,16,20H,3-4,7-8,14-15H2,1H3,(H,27,34). The van der Waals surface area contributed by atoms with Gasteiger partial charge in [0.15, 0.2) is 0 Å². The lowest BCUT2D eigenvalue weighted by Crippen LogP contribution is -2.50. The predicted molar refractivity (Wildman–Crippen MR) is 125 cm³/mol. The van der Waals surface area contributed by atoms with Crippen LogP contribution >= 0.6 is 11.6 Å². The van der Waals surface area contributed by atoms with Crippen LogP contribution in [0.1, 0.15) is 38.2 Å². The van der Waals surface area contributed by atoms with Gasteiger partial charge in [-0.25, -0.2) is 4.39 Å². The number of carbonyl (C=O) groups excluding carboxylic acids is 2. The van der Waals surface area contributed by atoms with Gasteiger partial charge in [-0.3, -0.25) is 9.59 Å². The van der Waals surface area contributed by atoms with Gasteiger partial charge in [0.25, 0.3) is 0 Å². The third-order valence-electron chi connectivity index (χ3n) is 6.00. The zero-order valence-electron chi connectivity index (χ0n) is 18.8. The summed E-state index contributed by atoms with van der Waals surface area (Å²) in [5.74, 6) is -0.771. The summed E-state index contributed by atoms with van der Waals surface area (Å²) in [7, 11) is 0. The number of amides is 2. The minimum atomic E-state index is -0.799. The number of aromatic nitrogens is 4. The molecule has 0 radical (unpaired) electrons. The number of rotatable bonds is 8. The third kappa shape index (κ3) is 5.77. The van der Waals surface area contributed by atoms with Gasteiger partial charge in [0.05, 0.1) is 0 Å². The second-order valence-corrected chi connectivity index (χ2v) is 8.87. The van der Waals surface area contributed by atoms with Crippen molar-refractivity contribution >= 4 is 23.4 Å². The summed E-state index contributed by atoms with van der Waals surface area (Å²) in [6.45, 7) is 1.36. The van der Waals surface area contributed by atoms with E-state index in [0.717, 1.165) is 25.7 Å². The molecule has 1 fully saturated rings. The largest absolute Gasteiger partial charge is 0.352 e. The second-order valence-electron chi connectivity index (χ2n) is 8.43. The lowest BCUT2D eigenvalue weighted by atomic mass is 10.1. The van der Waals surface area contributed by atoms with E-state index in [1.165, 1.54) is 15.8 Å². The van der Waals surface area contributed by atoms with Gasteiger partial charge in [0, 0.05) is 28.7 Å². The molecule has 3 aromatic rings. The van der Waals surface area contributed by atoms with Gasteiger partial charge in [0.2, 0.25) is 17.6 Å². The first-order valence-corrected chi connectivity index (χ1v) is 11.7. The molecule has 1 aliphatic carbocycles. The van der Waals surface area contributed by atoms with Crippen molar-refractivity contribution in [1.82, 2.24) is 30.4 Å². The smallest absolute Gasteiger partial charge is 0.247 e. The fraction of sp³-hybridized carbons (Fsp3) is 0.375. The van der Waals surface area contributed by atoms with Gasteiger partial charge in [0.1, 0.15) is 18.4 Å². The number of nitrogens with one attached hydrogen (secondary N) is 1. The second kappa shape index (κ2) is 10.7. The first-order valence-electron chi connectivity index (χ1n) is 11.3. The molecule has 1 unspecified atom stereocenters. The molecule has 1 aliphatic rings. The highest BCUT2D eigenvalue weighted by Crippen LogP contribution is 2.20. The van der Waals surface area contributed by atoms with E-state index in [-0.39, 0.29) is 25.0 Å². The van der Waals surface area contributed by atoms with Crippen molar-refractivity contribution in [1.29, 1.82) is 0 Å². The van der Waals surface area contributed by atoms with Crippen LogP contribution in [-0.2, 0) is 22.7 Å². The van der Waals surface area contributed by atoms with Crippen LogP contribution in [0.15, 0.2) is 48.5 Å². The van der Waals surface area contributed by atoms with Crippen molar-refractivity contribution in [2.75, 3.05) is 0 Å². The molecule has 1 aromatic heterocycles. The Balaban J connectivity index is 1.51. The number of nitrogens with zero attached hydrogens (tertiary/aromatic N) is 5. The minimum absolute atomic E-state index is 0.0521. The fourth-order valence-corrected chi connectivity index (χ4v) is 4.15. The van der Waals surface area contributed by atoms with Crippen molar-refractivity contribution < 1.29 is 14.0 Å². The average Bonchev–Trinajstić information content (AvgIpc) is 3.51. The topological polar surface area (TPSA) is 93.0 Å². The van der Waals surface area contributed by atoms with Crippen LogP contribution < -0.4 is 5.32 Å². The first kappa shape index (κ1) is 23.8. The van der Waals surface area contributed by atoms with Crippen LogP contribution in [0.2, 0.25) is 5.02 Å². The van der Waals surface area contributed by atoms with Gasteiger partial charge in [-0.2, -0.15) is 4.80 Å². The lowest BCUT2D eigenvalue weighted by Gasteiger charge is -2.29.